The van der Waals surface area contributed by atoms with Crippen molar-refractivity contribution in [2.75, 3.05) is 6.54 Å². The van der Waals surface area contributed by atoms with Crippen LogP contribution in [0, 0.1) is 12.3 Å². The Morgan fingerprint density at radius 3 is 2.87 bits per heavy atom. The molecule has 23 heavy (non-hydrogen) atoms. The van der Waals surface area contributed by atoms with E-state index in [0.717, 1.165) is 17.7 Å². The summed E-state index contributed by atoms with van der Waals surface area (Å²) in [6.45, 7) is 4.70. The van der Waals surface area contributed by atoms with Crippen LogP contribution in [0.2, 0.25) is 0 Å². The van der Waals surface area contributed by atoms with E-state index in [-0.39, 0.29) is 17.7 Å². The number of nitrogens with one attached hydrogen (secondary N) is 1. The normalized spacial score (nSPS) is 22.8. The van der Waals surface area contributed by atoms with Gasteiger partial charge in [-0.2, -0.15) is 10.2 Å². The van der Waals surface area contributed by atoms with Gasteiger partial charge in [0.2, 0.25) is 0 Å². The number of hydrogen-bond donors (Lipinski definition) is 1. The van der Waals surface area contributed by atoms with Crippen LogP contribution in [0.1, 0.15) is 54.9 Å². The zero-order chi connectivity index (χ0) is 16.4. The van der Waals surface area contributed by atoms with E-state index >= 15 is 0 Å². The summed E-state index contributed by atoms with van der Waals surface area (Å²) >= 11 is 0. The third-order valence-corrected chi connectivity index (χ3v) is 4.64. The average molecular weight is 311 g/mol. The van der Waals surface area contributed by atoms with E-state index < -0.39 is 0 Å². The van der Waals surface area contributed by atoms with E-state index in [1.165, 1.54) is 0 Å². The highest BCUT2D eigenvalue weighted by atomic mass is 16.5. The summed E-state index contributed by atoms with van der Waals surface area (Å²) in [4.78, 5) is 12.3. The van der Waals surface area contributed by atoms with Gasteiger partial charge in [0.25, 0.3) is 5.91 Å². The van der Waals surface area contributed by atoms with E-state index in [1.54, 1.807) is 6.07 Å². The van der Waals surface area contributed by atoms with Gasteiger partial charge in [0, 0.05) is 42.9 Å². The number of terminal acetylenes is 1. The minimum Gasteiger partial charge on any atom is -0.490 e. The third-order valence-electron chi connectivity index (χ3n) is 4.64. The molecule has 2 unspecified atom stereocenters. The van der Waals surface area contributed by atoms with Gasteiger partial charge in [0.1, 0.15) is 11.9 Å². The van der Waals surface area contributed by atoms with Gasteiger partial charge in [-0.1, -0.05) is 6.92 Å². The second kappa shape index (κ2) is 6.04. The van der Waals surface area contributed by atoms with Crippen LogP contribution in [-0.2, 0) is 0 Å². The monoisotopic (exact) mass is 311 g/mol. The molecular formula is C18H21N3O2. The predicted molar refractivity (Wildman–Crippen MR) is 87.6 cm³/mol. The average Bonchev–Trinajstić information content (AvgIpc) is 3.26. The van der Waals surface area contributed by atoms with Crippen LogP contribution in [0.5, 0.6) is 5.75 Å². The Hall–Kier alpha value is -2.35. The SMILES string of the molecule is C#CCCC1(CCNC(=O)c2ccc3c(c2)C(C)C(C)O3)N=N1. The lowest BCUT2D eigenvalue weighted by Crippen LogP contribution is -2.28. The van der Waals surface area contributed by atoms with Gasteiger partial charge in [0.15, 0.2) is 5.66 Å². The molecule has 120 valence electrons. The first-order valence-corrected chi connectivity index (χ1v) is 8.01. The fourth-order valence-electron chi connectivity index (χ4n) is 2.85. The van der Waals surface area contributed by atoms with Crippen molar-refractivity contribution in [3.63, 3.8) is 0 Å². The van der Waals surface area contributed by atoms with E-state index in [9.17, 15) is 4.79 Å². The summed E-state index contributed by atoms with van der Waals surface area (Å²) in [5.41, 5.74) is 1.41. The number of rotatable bonds is 6. The summed E-state index contributed by atoms with van der Waals surface area (Å²) in [5, 5.41) is 11.1. The smallest absolute Gasteiger partial charge is 0.251 e. The first-order valence-electron chi connectivity index (χ1n) is 8.01. The molecule has 0 radical (unpaired) electrons. The molecule has 2 atom stereocenters. The molecule has 0 saturated carbocycles. The molecule has 2 aliphatic rings. The molecule has 5 heteroatoms. The molecule has 3 rings (SSSR count). The topological polar surface area (TPSA) is 63.0 Å². The Kier molecular flexibility index (Phi) is 4.08. The quantitative estimate of drug-likeness (QED) is 0.820. The molecule has 0 saturated heterocycles. The van der Waals surface area contributed by atoms with Crippen LogP contribution in [0.4, 0.5) is 0 Å². The molecule has 0 spiro atoms. The first kappa shape index (κ1) is 15.5. The maximum Gasteiger partial charge on any atom is 0.251 e. The Morgan fingerprint density at radius 1 is 1.39 bits per heavy atom. The van der Waals surface area contributed by atoms with Crippen molar-refractivity contribution in [1.82, 2.24) is 5.32 Å². The summed E-state index contributed by atoms with van der Waals surface area (Å²) in [6, 6.07) is 5.61. The third kappa shape index (κ3) is 3.21. The number of hydrogen-bond acceptors (Lipinski definition) is 4. The fraction of sp³-hybridized carbons (Fsp3) is 0.500. The highest BCUT2D eigenvalue weighted by Crippen LogP contribution is 2.38. The van der Waals surface area contributed by atoms with Crippen LogP contribution in [-0.4, -0.2) is 24.2 Å². The number of fused-ring (bicyclic) bond motifs is 1. The minimum atomic E-state index is -0.352. The molecule has 5 nitrogen and oxygen atoms in total. The predicted octanol–water partition coefficient (Wildman–Crippen LogP) is 3.27. The summed E-state index contributed by atoms with van der Waals surface area (Å²) in [6.07, 6.45) is 7.52. The van der Waals surface area contributed by atoms with Crippen molar-refractivity contribution in [3.8, 4) is 18.1 Å². The van der Waals surface area contributed by atoms with E-state index in [1.807, 2.05) is 19.1 Å². The summed E-state index contributed by atoms with van der Waals surface area (Å²) < 4.78 is 5.75. The van der Waals surface area contributed by atoms with Crippen LogP contribution in [0.3, 0.4) is 0 Å². The van der Waals surface area contributed by atoms with Gasteiger partial charge in [-0.3, -0.25) is 4.79 Å². The lowest BCUT2D eigenvalue weighted by atomic mass is 9.96. The van der Waals surface area contributed by atoms with Gasteiger partial charge in [-0.25, -0.2) is 0 Å². The molecule has 0 aliphatic carbocycles. The first-order chi connectivity index (χ1) is 11.0. The molecule has 1 aromatic carbocycles. The lowest BCUT2D eigenvalue weighted by molar-refractivity contribution is 0.0952. The van der Waals surface area contributed by atoms with Crippen LogP contribution in [0.25, 0.3) is 0 Å². The van der Waals surface area contributed by atoms with Crippen molar-refractivity contribution >= 4 is 5.91 Å². The highest BCUT2D eigenvalue weighted by Gasteiger charge is 2.38. The molecule has 1 aromatic rings. The highest BCUT2D eigenvalue weighted by molar-refractivity contribution is 5.94. The van der Waals surface area contributed by atoms with Gasteiger partial charge >= 0.3 is 0 Å². The van der Waals surface area contributed by atoms with Crippen molar-refractivity contribution in [3.05, 3.63) is 29.3 Å². The Labute approximate surface area is 136 Å². The number of carbonyl (C=O) groups is 1. The molecule has 2 aliphatic heterocycles. The van der Waals surface area contributed by atoms with Crippen molar-refractivity contribution < 1.29 is 9.53 Å². The number of ether oxygens (including phenoxy) is 1. The number of carbonyl (C=O) groups excluding carboxylic acids is 1. The van der Waals surface area contributed by atoms with Crippen molar-refractivity contribution in [2.24, 2.45) is 10.2 Å². The summed E-state index contributed by atoms with van der Waals surface area (Å²) in [5.74, 6) is 3.70. The van der Waals surface area contributed by atoms with E-state index in [0.29, 0.717) is 30.9 Å². The number of nitrogens with zero attached hydrogens (tertiary/aromatic N) is 2. The second-order valence-corrected chi connectivity index (χ2v) is 6.26. The maximum absolute atomic E-state index is 12.3. The van der Waals surface area contributed by atoms with Gasteiger partial charge < -0.3 is 10.1 Å². The number of amides is 1. The van der Waals surface area contributed by atoms with E-state index in [4.69, 9.17) is 11.2 Å². The Balaban J connectivity index is 1.55. The molecule has 1 N–H and O–H groups in total. The van der Waals surface area contributed by atoms with E-state index in [2.05, 4.69) is 28.4 Å². The Morgan fingerprint density at radius 2 is 2.17 bits per heavy atom. The molecule has 0 fully saturated rings. The standard InChI is InChI=1S/C18H21N3O2/c1-4-5-8-18(20-21-18)9-10-19-17(22)14-6-7-16-15(11-14)12(2)13(3)23-16/h1,6-7,11-13H,5,8-10H2,2-3H3,(H,19,22). The van der Waals surface area contributed by atoms with Gasteiger partial charge in [-0.15, -0.1) is 12.3 Å². The molecule has 1 amide bonds. The number of benzene rings is 1. The minimum absolute atomic E-state index is 0.0766. The van der Waals surface area contributed by atoms with Crippen molar-refractivity contribution in [1.29, 1.82) is 0 Å². The second-order valence-electron chi connectivity index (χ2n) is 6.26. The summed E-state index contributed by atoms with van der Waals surface area (Å²) in [7, 11) is 0. The molecule has 0 aromatic heterocycles. The molecule has 2 heterocycles. The molecule has 0 bridgehead atoms. The largest absolute Gasteiger partial charge is 0.490 e. The fourth-order valence-corrected chi connectivity index (χ4v) is 2.85. The lowest BCUT2D eigenvalue weighted by Gasteiger charge is -2.10. The zero-order valence-electron chi connectivity index (χ0n) is 13.5. The zero-order valence-corrected chi connectivity index (χ0v) is 13.5. The van der Waals surface area contributed by atoms with Gasteiger partial charge in [0.05, 0.1) is 0 Å². The Bertz CT molecular complexity index is 684. The van der Waals surface area contributed by atoms with Crippen LogP contribution >= 0.6 is 0 Å². The van der Waals surface area contributed by atoms with Crippen LogP contribution < -0.4 is 10.1 Å². The maximum atomic E-state index is 12.3. The molecular weight excluding hydrogens is 290 g/mol. The van der Waals surface area contributed by atoms with Crippen molar-refractivity contribution in [2.45, 2.75) is 50.8 Å². The van der Waals surface area contributed by atoms with Gasteiger partial charge in [-0.05, 0) is 25.1 Å². The van der Waals surface area contributed by atoms with Crippen LogP contribution in [0.15, 0.2) is 28.4 Å².